The highest BCUT2D eigenvalue weighted by atomic mass is 16.5. The molecule has 5 heterocycles. The number of nitrogens with zero attached hydrogens (tertiary/aromatic N) is 4. The Morgan fingerprint density at radius 3 is 2.10 bits per heavy atom. The van der Waals surface area contributed by atoms with Gasteiger partial charge < -0.3 is 49.3 Å². The summed E-state index contributed by atoms with van der Waals surface area (Å²) in [7, 11) is 4.06. The Balaban J connectivity index is 1.05. The number of aromatic nitrogens is 4. The number of fused-ring (bicyclic) bond motifs is 6. The average Bonchev–Trinajstić information content (AvgIpc) is 4.08. The van der Waals surface area contributed by atoms with Crippen LogP contribution in [0.25, 0.3) is 44.2 Å². The van der Waals surface area contributed by atoms with Crippen LogP contribution in [-0.2, 0) is 30.4 Å². The van der Waals surface area contributed by atoms with E-state index in [4.69, 9.17) is 28.9 Å². The Bertz CT molecular complexity index is 2500. The van der Waals surface area contributed by atoms with Crippen LogP contribution >= 0.6 is 0 Å². The molecule has 3 aliphatic rings. The molecular weight excluding hydrogens is 781 g/mol. The van der Waals surface area contributed by atoms with Crippen molar-refractivity contribution in [1.82, 2.24) is 40.4 Å². The number of rotatable bonds is 10. The molecule has 2 saturated heterocycles. The third-order valence-corrected chi connectivity index (χ3v) is 12.7. The number of hydrogen-bond acceptors (Lipinski definition) is 10. The Morgan fingerprint density at radius 1 is 0.787 bits per heavy atom. The number of benzene rings is 3. The second kappa shape index (κ2) is 16.7. The van der Waals surface area contributed by atoms with Crippen molar-refractivity contribution in [1.29, 1.82) is 0 Å². The standard InChI is InChI=1S/C45H54N8O8/c1-22(2)37(50-44(56)59-7)42(54)52-23(3)9-15-34(52)40-46-20-33(48-40)27-11-13-29-28(17-27)21-61-36-19-30-26(18-31(29)36)12-14-32-39(30)49-41(47-32)35-16-10-24(4)53(35)43(55)38(25(5)58-6)51-45(57)60-8/h11-14,17-20,22-25,34-35,37-38H,9-10,15-16,21H2,1-8H3,(H,46,48)(H,47,49)(H,50,56)(H,51,57)/t23-,24-,25-,34-,35-,37-,38?/m0/s1. The minimum Gasteiger partial charge on any atom is -0.488 e. The van der Waals surface area contributed by atoms with Crippen LogP contribution in [0.3, 0.4) is 0 Å². The number of likely N-dealkylation sites (tertiary alicyclic amines) is 2. The molecule has 1 unspecified atom stereocenters. The topological polar surface area (TPSA) is 193 Å². The Labute approximate surface area is 354 Å². The van der Waals surface area contributed by atoms with E-state index < -0.39 is 30.4 Å². The lowest BCUT2D eigenvalue weighted by molar-refractivity contribution is -0.139. The zero-order valence-electron chi connectivity index (χ0n) is 35.8. The van der Waals surface area contributed by atoms with Crippen molar-refractivity contribution in [3.63, 3.8) is 0 Å². The molecule has 3 aromatic carbocycles. The molecule has 61 heavy (non-hydrogen) atoms. The normalized spacial score (nSPS) is 21.1. The average molecular weight is 835 g/mol. The van der Waals surface area contributed by atoms with Gasteiger partial charge in [-0.1, -0.05) is 32.0 Å². The highest BCUT2D eigenvalue weighted by molar-refractivity contribution is 6.07. The molecule has 7 atom stereocenters. The van der Waals surface area contributed by atoms with E-state index >= 15 is 0 Å². The van der Waals surface area contributed by atoms with E-state index in [1.165, 1.54) is 21.3 Å². The third kappa shape index (κ3) is 7.62. The molecule has 16 nitrogen and oxygen atoms in total. The Kier molecular flexibility index (Phi) is 11.4. The number of imidazole rings is 2. The second-order valence-electron chi connectivity index (χ2n) is 16.8. The van der Waals surface area contributed by atoms with Crippen molar-refractivity contribution in [2.45, 2.75) is 109 Å². The van der Waals surface area contributed by atoms with Crippen LogP contribution in [0.1, 0.15) is 89.6 Å². The maximum Gasteiger partial charge on any atom is 0.407 e. The van der Waals surface area contributed by atoms with Gasteiger partial charge in [-0.3, -0.25) is 9.59 Å². The van der Waals surface area contributed by atoms with Crippen LogP contribution < -0.4 is 15.4 Å². The summed E-state index contributed by atoms with van der Waals surface area (Å²) < 4.78 is 21.5. The van der Waals surface area contributed by atoms with Gasteiger partial charge in [0.25, 0.3) is 0 Å². The lowest BCUT2D eigenvalue weighted by Gasteiger charge is -2.33. The highest BCUT2D eigenvalue weighted by Gasteiger charge is 2.43. The van der Waals surface area contributed by atoms with Gasteiger partial charge in [0.15, 0.2) is 0 Å². The molecule has 8 rings (SSSR count). The zero-order chi connectivity index (χ0) is 43.3. The van der Waals surface area contributed by atoms with Crippen LogP contribution in [-0.4, -0.2) is 105 Å². The van der Waals surface area contributed by atoms with E-state index in [0.29, 0.717) is 24.7 Å². The van der Waals surface area contributed by atoms with Gasteiger partial charge in [-0.15, -0.1) is 0 Å². The lowest BCUT2D eigenvalue weighted by atomic mass is 9.92. The predicted molar refractivity (Wildman–Crippen MR) is 227 cm³/mol. The molecule has 2 fully saturated rings. The number of amides is 4. The SMILES string of the molecule is COC(=O)NC(C(=O)N1[C@@H](C)CC[C@H]1c1nc2c(ccc3cc4c(cc32)OCc2cc(-c3cnc([C@@H]5CC[C@H](C)N5C(=O)[C@@H](NC(=O)OC)C(C)C)[nH]3)ccc2-4)[nH]1)[C@H](C)OC. The molecule has 2 aromatic heterocycles. The monoisotopic (exact) mass is 834 g/mol. The first-order valence-electron chi connectivity index (χ1n) is 21.0. The maximum absolute atomic E-state index is 14.0. The van der Waals surface area contributed by atoms with Gasteiger partial charge in [0.2, 0.25) is 11.8 Å². The summed E-state index contributed by atoms with van der Waals surface area (Å²) in [5.74, 6) is 1.59. The van der Waals surface area contributed by atoms with Gasteiger partial charge in [0.05, 0.1) is 55.3 Å². The minimum atomic E-state index is -0.934. The van der Waals surface area contributed by atoms with Gasteiger partial charge in [-0.05, 0) is 98.7 Å². The summed E-state index contributed by atoms with van der Waals surface area (Å²) >= 11 is 0. The summed E-state index contributed by atoms with van der Waals surface area (Å²) in [6.45, 7) is 9.95. The van der Waals surface area contributed by atoms with Gasteiger partial charge in [0, 0.05) is 30.1 Å². The minimum absolute atomic E-state index is 0.0198. The number of aromatic amines is 2. The molecular formula is C45H54N8O8. The van der Waals surface area contributed by atoms with E-state index in [1.807, 2.05) is 50.9 Å². The van der Waals surface area contributed by atoms with Crippen LogP contribution in [0.4, 0.5) is 9.59 Å². The van der Waals surface area contributed by atoms with Gasteiger partial charge in [-0.25, -0.2) is 19.6 Å². The first-order valence-corrected chi connectivity index (χ1v) is 21.0. The summed E-state index contributed by atoms with van der Waals surface area (Å²) in [5.41, 5.74) is 6.50. The molecule has 0 bridgehead atoms. The van der Waals surface area contributed by atoms with Crippen molar-refractivity contribution in [3.8, 4) is 28.1 Å². The molecule has 4 amide bonds. The molecule has 5 aromatic rings. The van der Waals surface area contributed by atoms with E-state index in [-0.39, 0.29) is 41.9 Å². The van der Waals surface area contributed by atoms with E-state index in [1.54, 1.807) is 11.8 Å². The molecule has 4 N–H and O–H groups in total. The van der Waals surface area contributed by atoms with Gasteiger partial charge >= 0.3 is 12.2 Å². The van der Waals surface area contributed by atoms with Gasteiger partial charge in [-0.2, -0.15) is 0 Å². The summed E-state index contributed by atoms with van der Waals surface area (Å²) in [4.78, 5) is 72.7. The fourth-order valence-corrected chi connectivity index (χ4v) is 9.25. The van der Waals surface area contributed by atoms with Crippen molar-refractivity contribution < 1.29 is 38.1 Å². The number of alkyl carbamates (subject to hydrolysis) is 2. The smallest absolute Gasteiger partial charge is 0.407 e. The number of nitrogens with one attached hydrogen (secondary N) is 4. The molecule has 322 valence electrons. The largest absolute Gasteiger partial charge is 0.488 e. The summed E-state index contributed by atoms with van der Waals surface area (Å²) in [6.07, 6.45) is 2.94. The third-order valence-electron chi connectivity index (χ3n) is 12.7. The van der Waals surface area contributed by atoms with E-state index in [0.717, 1.165) is 74.8 Å². The van der Waals surface area contributed by atoms with Crippen molar-refractivity contribution in [2.75, 3.05) is 21.3 Å². The number of carbonyl (C=O) groups excluding carboxylic acids is 4. The van der Waals surface area contributed by atoms with Crippen molar-refractivity contribution >= 4 is 45.8 Å². The first-order chi connectivity index (χ1) is 29.3. The Morgan fingerprint density at radius 2 is 1.44 bits per heavy atom. The van der Waals surface area contributed by atoms with E-state index in [2.05, 4.69) is 50.9 Å². The second-order valence-corrected chi connectivity index (χ2v) is 16.8. The fraction of sp³-hybridized carbons (Fsp3) is 0.467. The number of ether oxygens (including phenoxy) is 4. The predicted octanol–water partition coefficient (Wildman–Crippen LogP) is 6.91. The number of carbonyl (C=O) groups is 4. The maximum atomic E-state index is 14.0. The van der Waals surface area contributed by atoms with Crippen LogP contribution in [0.2, 0.25) is 0 Å². The van der Waals surface area contributed by atoms with Crippen LogP contribution in [0, 0.1) is 5.92 Å². The Hall–Kier alpha value is -6.16. The first kappa shape index (κ1) is 41.6. The summed E-state index contributed by atoms with van der Waals surface area (Å²) in [6, 6.07) is 12.2. The molecule has 0 radical (unpaired) electrons. The summed E-state index contributed by atoms with van der Waals surface area (Å²) in [5, 5.41) is 7.32. The number of H-pyrrole nitrogens is 2. The molecule has 0 spiro atoms. The fourth-order valence-electron chi connectivity index (χ4n) is 9.25. The number of hydrogen-bond donors (Lipinski definition) is 4. The quantitative estimate of drug-likeness (QED) is 0.115. The lowest BCUT2D eigenvalue weighted by Crippen LogP contribution is -2.55. The van der Waals surface area contributed by atoms with Gasteiger partial charge in [0.1, 0.15) is 36.1 Å². The molecule has 16 heteroatoms. The number of methoxy groups -OCH3 is 3. The zero-order valence-corrected chi connectivity index (χ0v) is 35.8. The van der Waals surface area contributed by atoms with Crippen molar-refractivity contribution in [2.24, 2.45) is 5.92 Å². The molecule has 0 saturated carbocycles. The van der Waals surface area contributed by atoms with Crippen LogP contribution in [0.15, 0.2) is 48.7 Å². The molecule has 0 aliphatic carbocycles. The van der Waals surface area contributed by atoms with Crippen LogP contribution in [0.5, 0.6) is 5.75 Å². The molecule has 3 aliphatic heterocycles. The van der Waals surface area contributed by atoms with E-state index in [9.17, 15) is 19.2 Å². The highest BCUT2D eigenvalue weighted by Crippen LogP contribution is 2.44. The van der Waals surface area contributed by atoms with Crippen molar-refractivity contribution in [3.05, 3.63) is 65.9 Å².